The van der Waals surface area contributed by atoms with Gasteiger partial charge < -0.3 is 87.3 Å². The Hall–Kier alpha value is -7.94. The van der Waals surface area contributed by atoms with Gasteiger partial charge in [-0.1, -0.05) is 186 Å². The van der Waals surface area contributed by atoms with Gasteiger partial charge in [-0.05, 0) is 79.6 Å². The van der Waals surface area contributed by atoms with E-state index in [4.69, 9.17) is 61.6 Å². The molecule has 4 aromatic rings. The van der Waals surface area contributed by atoms with Crippen LogP contribution in [-0.4, -0.2) is 170 Å². The number of hydrogen-bond donors (Lipinski definition) is 5. The normalized spacial score (nSPS) is 34.7. The number of esters is 3. The molecular formula is C84H107NO21. The number of allylic oxidation sites excluding steroid dienone is 12. The zero-order chi connectivity index (χ0) is 76.1. The summed E-state index contributed by atoms with van der Waals surface area (Å²) in [6.07, 6.45) is 8.80. The summed E-state index contributed by atoms with van der Waals surface area (Å²) in [5.74, 6) is -5.10. The summed E-state index contributed by atoms with van der Waals surface area (Å²) in [4.78, 5) is 56.7. The summed E-state index contributed by atoms with van der Waals surface area (Å²) in [7, 11) is 5.76. The van der Waals surface area contributed by atoms with Crippen LogP contribution in [0.4, 0.5) is 0 Å². The maximum absolute atomic E-state index is 14.5. The monoisotopic (exact) mass is 1470 g/mol. The molecule has 6 bridgehead atoms. The first-order valence-corrected chi connectivity index (χ1v) is 36.6. The minimum atomic E-state index is -1.70. The van der Waals surface area contributed by atoms with Crippen LogP contribution in [0.3, 0.4) is 0 Å². The number of carbonyl (C=O) groups excluding carboxylic acids is 4. The Labute approximate surface area is 622 Å². The lowest BCUT2D eigenvalue weighted by Gasteiger charge is -2.48. The number of ether oxygens (including phenoxy) is 13. The van der Waals surface area contributed by atoms with E-state index in [0.29, 0.717) is 34.6 Å². The first-order valence-electron chi connectivity index (χ1n) is 36.6. The van der Waals surface area contributed by atoms with Crippen molar-refractivity contribution < 1.29 is 101 Å². The summed E-state index contributed by atoms with van der Waals surface area (Å²) in [6, 6.07) is 29.1. The topological polar surface area (TPSA) is 281 Å². The number of cyclic esters (lactones) is 1. The highest BCUT2D eigenvalue weighted by atomic mass is 16.7. The Morgan fingerprint density at radius 1 is 0.585 bits per heavy atom. The molecule has 9 rings (SSSR count). The van der Waals surface area contributed by atoms with Gasteiger partial charge in [0.2, 0.25) is 5.91 Å². The predicted octanol–water partition coefficient (Wildman–Crippen LogP) is 11.6. The van der Waals surface area contributed by atoms with Crippen molar-refractivity contribution in [3.05, 3.63) is 216 Å². The van der Waals surface area contributed by atoms with Crippen molar-refractivity contribution in [2.75, 3.05) is 28.4 Å². The summed E-state index contributed by atoms with van der Waals surface area (Å²) in [6.45, 7) is 13.3. The zero-order valence-electron chi connectivity index (χ0n) is 62.5. The molecule has 4 fully saturated rings. The van der Waals surface area contributed by atoms with Crippen LogP contribution in [0.15, 0.2) is 188 Å². The molecule has 0 aliphatic carbocycles. The van der Waals surface area contributed by atoms with Gasteiger partial charge in [0.05, 0.1) is 107 Å². The fourth-order valence-electron chi connectivity index (χ4n) is 13.8. The Kier molecular flexibility index (Phi) is 30.4. The standard InChI is InChI=1S/C84H107NO21/c1-52-27-23-20-18-16-14-12-13-15-17-19-21-26-30-63(101-82-77(105-78(92)57-31-37-60(38-32-57)83(5,6)7)74(76(91)55(4)99-82)85-71(88)45-56-28-24-22-25-29-56)47-70-73(79(93)96-10)68(87)51-84(97-11,106-70)50-66-48-69(104-81(103-66)59-35-41-62(95-9)42-36-59)67(86)44-43-64-46-65(49-72(89)98-54(3)53(2)75(52)90)102-80(100-64)58-33-39-61(94-8)40-34-58/h12-42,52-55,63-70,73-77,80-82,86-87,90-91H,43-51H2,1-11H3,(H,85,88)/b13-12+,16-14+,17-15+,20-18+,21-19+,27-23+,30-26+/t52-,53-,54-,55+,63-,64+,65+,66-,67+,68-,69+,70-,73+,74-,75+,76+,77-,80?,81?,82-,84+/m0/s1. The first-order chi connectivity index (χ1) is 50.9. The molecular weight excluding hydrogens is 1360 g/mol. The van der Waals surface area contributed by atoms with Crippen LogP contribution in [0.2, 0.25) is 0 Å². The maximum atomic E-state index is 14.5. The van der Waals surface area contributed by atoms with E-state index >= 15 is 0 Å². The van der Waals surface area contributed by atoms with Crippen molar-refractivity contribution in [2.45, 2.75) is 222 Å². The van der Waals surface area contributed by atoms with Gasteiger partial charge in [0, 0.05) is 62.2 Å². The van der Waals surface area contributed by atoms with Crippen LogP contribution in [0, 0.1) is 17.8 Å². The fraction of sp³-hybridized carbons (Fsp3) is 0.500. The molecule has 4 saturated heterocycles. The Morgan fingerprint density at radius 3 is 1.75 bits per heavy atom. The van der Waals surface area contributed by atoms with Gasteiger partial charge in [0.1, 0.15) is 29.6 Å². The van der Waals surface area contributed by atoms with Crippen molar-refractivity contribution in [3.63, 3.8) is 0 Å². The molecule has 22 nitrogen and oxygen atoms in total. The molecule has 0 aromatic heterocycles. The number of aliphatic hydroxyl groups is 4. The smallest absolute Gasteiger partial charge is 0.338 e. The van der Waals surface area contributed by atoms with Gasteiger partial charge in [0.15, 0.2) is 30.8 Å². The van der Waals surface area contributed by atoms with Crippen LogP contribution < -0.4 is 14.8 Å². The van der Waals surface area contributed by atoms with E-state index in [1.54, 1.807) is 113 Å². The van der Waals surface area contributed by atoms with E-state index in [2.05, 4.69) is 26.1 Å². The van der Waals surface area contributed by atoms with Gasteiger partial charge in [0.25, 0.3) is 0 Å². The van der Waals surface area contributed by atoms with Gasteiger partial charge in [-0.25, -0.2) is 4.79 Å². The second-order valence-corrected chi connectivity index (χ2v) is 28.9. The molecule has 0 saturated carbocycles. The van der Waals surface area contributed by atoms with Crippen molar-refractivity contribution in [3.8, 4) is 11.5 Å². The van der Waals surface area contributed by atoms with Crippen LogP contribution in [-0.2, 0) is 78.3 Å². The van der Waals surface area contributed by atoms with Gasteiger partial charge in [-0.15, -0.1) is 0 Å². The van der Waals surface area contributed by atoms with E-state index in [-0.39, 0.29) is 68.3 Å². The second kappa shape index (κ2) is 39.2. The predicted molar refractivity (Wildman–Crippen MR) is 396 cm³/mol. The SMILES string of the molecule is COC(=O)[C@H]1[C@@H]2C[C@@H](O[C@@H]3O[C@H](C)[C@@H](O)[C@H](NC(=O)Cc4ccccc4)[C@@H]3OC(=O)c3ccc(C(C)(C)C)cc3)/C=C/C=C/C=C/C=C/C=C/C=C/C=C/[C@H](C)[C@@H](O)[C@@H](C)[C@H](C)OC(=O)C[C@H]3C[C@@H](CC[C@@H](O)[C@H]4C[C@@H](C[C@](OC)(C[C@@H]1O)O2)OC(c1ccc(OC)cc1)O4)OC(c1ccc(OC)cc1)O3. The summed E-state index contributed by atoms with van der Waals surface area (Å²) < 4.78 is 82.3. The van der Waals surface area contributed by atoms with E-state index in [1.165, 1.54) is 14.2 Å². The van der Waals surface area contributed by atoms with Gasteiger partial charge >= 0.3 is 17.9 Å². The summed E-state index contributed by atoms with van der Waals surface area (Å²) >= 11 is 0. The van der Waals surface area contributed by atoms with E-state index in [1.807, 2.05) is 117 Å². The first kappa shape index (κ1) is 82.1. The zero-order valence-corrected chi connectivity index (χ0v) is 62.5. The minimum Gasteiger partial charge on any atom is -0.497 e. The third-order valence-electron chi connectivity index (χ3n) is 20.2. The summed E-state index contributed by atoms with van der Waals surface area (Å²) in [5, 5.41) is 51.3. The van der Waals surface area contributed by atoms with Gasteiger partial charge in [-0.2, -0.15) is 0 Å². The molecule has 1 amide bonds. The largest absolute Gasteiger partial charge is 0.497 e. The van der Waals surface area contributed by atoms with Gasteiger partial charge in [-0.3, -0.25) is 14.4 Å². The second-order valence-electron chi connectivity index (χ2n) is 28.9. The number of benzene rings is 4. The van der Waals surface area contributed by atoms with Crippen LogP contribution in [0.5, 0.6) is 11.5 Å². The highest BCUT2D eigenvalue weighted by Crippen LogP contribution is 2.45. The highest BCUT2D eigenvalue weighted by molar-refractivity contribution is 5.89. The quantitative estimate of drug-likeness (QED) is 0.0614. The molecule has 21 atom stereocenters. The molecule has 5 heterocycles. The molecule has 5 aliphatic heterocycles. The van der Waals surface area contributed by atoms with Crippen molar-refractivity contribution in [2.24, 2.45) is 17.8 Å². The number of methoxy groups -OCH3 is 4. The van der Waals surface area contributed by atoms with E-state index in [9.17, 15) is 39.6 Å². The lowest BCUT2D eigenvalue weighted by atomic mass is 9.82. The minimum absolute atomic E-state index is 0.0695. The molecule has 0 radical (unpaired) electrons. The molecule has 22 heteroatoms. The lowest BCUT2D eigenvalue weighted by molar-refractivity contribution is -0.333. The fourth-order valence-corrected chi connectivity index (χ4v) is 13.8. The van der Waals surface area contributed by atoms with Crippen LogP contribution in [0.1, 0.15) is 145 Å². The van der Waals surface area contributed by atoms with Crippen molar-refractivity contribution in [1.29, 1.82) is 0 Å². The molecule has 2 unspecified atom stereocenters. The molecule has 4 aromatic carbocycles. The van der Waals surface area contributed by atoms with Crippen LogP contribution in [0.25, 0.3) is 0 Å². The lowest BCUT2D eigenvalue weighted by Crippen LogP contribution is -2.65. The average Bonchev–Trinajstić information content (AvgIpc) is 0.776. The Morgan fingerprint density at radius 2 is 1.16 bits per heavy atom. The number of nitrogens with one attached hydrogen (secondary N) is 1. The Bertz CT molecular complexity index is 3660. The highest BCUT2D eigenvalue weighted by Gasteiger charge is 2.54. The molecule has 0 spiro atoms. The summed E-state index contributed by atoms with van der Waals surface area (Å²) in [5.41, 5.74) is 2.90. The van der Waals surface area contributed by atoms with Crippen molar-refractivity contribution in [1.82, 2.24) is 5.32 Å². The molecule has 5 aliphatic rings. The van der Waals surface area contributed by atoms with Crippen molar-refractivity contribution >= 4 is 23.8 Å². The molecule has 106 heavy (non-hydrogen) atoms. The number of aliphatic hydroxyl groups excluding tert-OH is 4. The van der Waals surface area contributed by atoms with E-state index < -0.39 is 146 Å². The van der Waals surface area contributed by atoms with E-state index in [0.717, 1.165) is 5.56 Å². The van der Waals surface area contributed by atoms with Crippen LogP contribution >= 0.6 is 0 Å². The molecule has 574 valence electrons. The number of carbonyl (C=O) groups is 4. The average molecular weight is 1470 g/mol. The Balaban J connectivity index is 1.06. The third-order valence-corrected chi connectivity index (χ3v) is 20.2. The number of rotatable bonds is 13. The third kappa shape index (κ3) is 23.0. The number of amides is 1. The molecule has 5 N–H and O–H groups in total. The number of fused-ring (bicyclic) bond motifs is 6. The maximum Gasteiger partial charge on any atom is 0.338 e. The number of hydrogen-bond acceptors (Lipinski definition) is 21.